The number of halogens is 1. The molecule has 1 fully saturated rings. The van der Waals surface area contributed by atoms with Crippen molar-refractivity contribution >= 4 is 17.5 Å². The van der Waals surface area contributed by atoms with Gasteiger partial charge in [0.25, 0.3) is 0 Å². The standard InChI is InChI=1S/C16H24ClN3O3/c1-22-11-14(18)16(21)19-10-15(20-6-8-23-9-7-20)12-2-4-13(17)5-3-12/h2-5,14-15H,6-11,18H2,1H3,(H,19,21). The van der Waals surface area contributed by atoms with Crippen LogP contribution in [0.2, 0.25) is 5.02 Å². The number of rotatable bonds is 7. The zero-order valence-electron chi connectivity index (χ0n) is 13.3. The lowest BCUT2D eigenvalue weighted by Crippen LogP contribution is -2.48. The highest BCUT2D eigenvalue weighted by atomic mass is 35.5. The predicted molar refractivity (Wildman–Crippen MR) is 89.4 cm³/mol. The maximum Gasteiger partial charge on any atom is 0.239 e. The molecule has 2 rings (SSSR count). The summed E-state index contributed by atoms with van der Waals surface area (Å²) in [6, 6.07) is 7.12. The van der Waals surface area contributed by atoms with Crippen LogP contribution >= 0.6 is 11.6 Å². The molecule has 23 heavy (non-hydrogen) atoms. The van der Waals surface area contributed by atoms with E-state index in [2.05, 4.69) is 10.2 Å². The van der Waals surface area contributed by atoms with Gasteiger partial charge in [0.05, 0.1) is 25.9 Å². The van der Waals surface area contributed by atoms with E-state index in [0.717, 1.165) is 18.7 Å². The molecular formula is C16H24ClN3O3. The summed E-state index contributed by atoms with van der Waals surface area (Å²) in [6.07, 6.45) is 0. The molecule has 2 atom stereocenters. The fourth-order valence-corrected chi connectivity index (χ4v) is 2.74. The minimum atomic E-state index is -0.657. The molecule has 1 amide bonds. The van der Waals surface area contributed by atoms with Crippen molar-refractivity contribution in [1.82, 2.24) is 10.2 Å². The minimum Gasteiger partial charge on any atom is -0.383 e. The lowest BCUT2D eigenvalue weighted by molar-refractivity contribution is -0.123. The van der Waals surface area contributed by atoms with Crippen molar-refractivity contribution in [2.45, 2.75) is 12.1 Å². The molecule has 1 aliphatic rings. The number of ether oxygens (including phenoxy) is 2. The van der Waals surface area contributed by atoms with Crippen molar-refractivity contribution in [3.05, 3.63) is 34.9 Å². The third kappa shape index (κ3) is 5.44. The van der Waals surface area contributed by atoms with Crippen molar-refractivity contribution in [1.29, 1.82) is 0 Å². The molecule has 2 unspecified atom stereocenters. The highest BCUT2D eigenvalue weighted by molar-refractivity contribution is 6.30. The van der Waals surface area contributed by atoms with Gasteiger partial charge in [-0.05, 0) is 17.7 Å². The van der Waals surface area contributed by atoms with Gasteiger partial charge in [0.15, 0.2) is 0 Å². The van der Waals surface area contributed by atoms with Gasteiger partial charge in [-0.1, -0.05) is 23.7 Å². The van der Waals surface area contributed by atoms with Crippen LogP contribution in [0.3, 0.4) is 0 Å². The first-order valence-corrected chi connectivity index (χ1v) is 8.09. The van der Waals surface area contributed by atoms with E-state index < -0.39 is 6.04 Å². The summed E-state index contributed by atoms with van der Waals surface area (Å²) in [7, 11) is 1.53. The zero-order chi connectivity index (χ0) is 16.7. The second kappa shape index (κ2) is 9.20. The van der Waals surface area contributed by atoms with E-state index in [1.165, 1.54) is 7.11 Å². The molecule has 0 bridgehead atoms. The lowest BCUT2D eigenvalue weighted by atomic mass is 10.0. The Labute approximate surface area is 141 Å². The number of carbonyl (C=O) groups is 1. The summed E-state index contributed by atoms with van der Waals surface area (Å²) < 4.78 is 10.3. The molecule has 1 saturated heterocycles. The zero-order valence-corrected chi connectivity index (χ0v) is 14.1. The summed E-state index contributed by atoms with van der Waals surface area (Å²) >= 11 is 5.97. The fourth-order valence-electron chi connectivity index (χ4n) is 2.62. The number of methoxy groups -OCH3 is 1. The molecule has 3 N–H and O–H groups in total. The van der Waals surface area contributed by atoms with Crippen molar-refractivity contribution in [2.75, 3.05) is 46.6 Å². The molecule has 6 nitrogen and oxygen atoms in total. The third-order valence-electron chi connectivity index (χ3n) is 3.89. The Morgan fingerprint density at radius 1 is 1.39 bits per heavy atom. The summed E-state index contributed by atoms with van der Waals surface area (Å²) in [5, 5.41) is 3.61. The average Bonchev–Trinajstić information content (AvgIpc) is 2.57. The van der Waals surface area contributed by atoms with E-state index in [0.29, 0.717) is 24.8 Å². The number of nitrogens with zero attached hydrogens (tertiary/aromatic N) is 1. The van der Waals surface area contributed by atoms with Gasteiger partial charge in [0.1, 0.15) is 6.04 Å². The number of nitrogens with one attached hydrogen (secondary N) is 1. The number of nitrogens with two attached hydrogens (primary N) is 1. The molecule has 128 valence electrons. The number of amides is 1. The smallest absolute Gasteiger partial charge is 0.239 e. The van der Waals surface area contributed by atoms with Crippen molar-refractivity contribution < 1.29 is 14.3 Å². The van der Waals surface area contributed by atoms with Gasteiger partial charge in [-0.25, -0.2) is 0 Å². The molecule has 0 radical (unpaired) electrons. The molecule has 0 spiro atoms. The number of hydrogen-bond donors (Lipinski definition) is 2. The first-order valence-electron chi connectivity index (χ1n) is 7.71. The van der Waals surface area contributed by atoms with Gasteiger partial charge in [-0.3, -0.25) is 9.69 Å². The quantitative estimate of drug-likeness (QED) is 0.767. The summed E-state index contributed by atoms with van der Waals surface area (Å²) in [6.45, 7) is 3.73. The van der Waals surface area contributed by atoms with E-state index in [1.807, 2.05) is 24.3 Å². The second-order valence-corrected chi connectivity index (χ2v) is 5.96. The lowest BCUT2D eigenvalue weighted by Gasteiger charge is -2.35. The van der Waals surface area contributed by atoms with Crippen LogP contribution in [0.1, 0.15) is 11.6 Å². The maximum atomic E-state index is 12.0. The number of hydrogen-bond acceptors (Lipinski definition) is 5. The van der Waals surface area contributed by atoms with E-state index in [4.69, 9.17) is 26.8 Å². The molecule has 1 aromatic carbocycles. The number of morpholine rings is 1. The Balaban J connectivity index is 2.04. The van der Waals surface area contributed by atoms with Crippen LogP contribution in [0, 0.1) is 0 Å². The third-order valence-corrected chi connectivity index (χ3v) is 4.15. The Morgan fingerprint density at radius 3 is 2.65 bits per heavy atom. The highest BCUT2D eigenvalue weighted by Gasteiger charge is 2.24. The van der Waals surface area contributed by atoms with Gasteiger partial charge < -0.3 is 20.5 Å². The molecule has 0 saturated carbocycles. The predicted octanol–water partition coefficient (Wildman–Crippen LogP) is 0.803. The van der Waals surface area contributed by atoms with Gasteiger partial charge in [-0.2, -0.15) is 0 Å². The van der Waals surface area contributed by atoms with Gasteiger partial charge in [0, 0.05) is 31.8 Å². The van der Waals surface area contributed by atoms with Crippen LogP contribution in [-0.4, -0.2) is 63.4 Å². The number of carbonyl (C=O) groups excluding carboxylic acids is 1. The molecule has 0 aliphatic carbocycles. The van der Waals surface area contributed by atoms with Crippen LogP contribution < -0.4 is 11.1 Å². The largest absolute Gasteiger partial charge is 0.383 e. The SMILES string of the molecule is COCC(N)C(=O)NCC(c1ccc(Cl)cc1)N1CCOCC1. The maximum absolute atomic E-state index is 12.0. The van der Waals surface area contributed by atoms with Crippen molar-refractivity contribution in [3.8, 4) is 0 Å². The van der Waals surface area contributed by atoms with Crippen LogP contribution in [0.5, 0.6) is 0 Å². The Morgan fingerprint density at radius 2 is 2.04 bits per heavy atom. The molecule has 0 aromatic heterocycles. The average molecular weight is 342 g/mol. The Hall–Kier alpha value is -1.18. The van der Waals surface area contributed by atoms with Crippen molar-refractivity contribution in [3.63, 3.8) is 0 Å². The molecule has 7 heteroatoms. The van der Waals surface area contributed by atoms with Crippen LogP contribution in [0.4, 0.5) is 0 Å². The van der Waals surface area contributed by atoms with Crippen LogP contribution in [0.25, 0.3) is 0 Å². The first-order chi connectivity index (χ1) is 11.1. The van der Waals surface area contributed by atoms with Crippen LogP contribution in [0.15, 0.2) is 24.3 Å². The van der Waals surface area contributed by atoms with Gasteiger partial charge in [0.2, 0.25) is 5.91 Å². The summed E-state index contributed by atoms with van der Waals surface area (Å²) in [5.74, 6) is -0.209. The molecule has 1 heterocycles. The molecule has 1 aliphatic heterocycles. The van der Waals surface area contributed by atoms with E-state index >= 15 is 0 Å². The second-order valence-electron chi connectivity index (χ2n) is 5.52. The fraction of sp³-hybridized carbons (Fsp3) is 0.562. The normalized spacial score (nSPS) is 18.4. The number of benzene rings is 1. The summed E-state index contributed by atoms with van der Waals surface area (Å²) in [5.41, 5.74) is 6.87. The monoisotopic (exact) mass is 341 g/mol. The van der Waals surface area contributed by atoms with Gasteiger partial charge >= 0.3 is 0 Å². The van der Waals surface area contributed by atoms with Crippen LogP contribution in [-0.2, 0) is 14.3 Å². The van der Waals surface area contributed by atoms with Crippen molar-refractivity contribution in [2.24, 2.45) is 5.73 Å². The van der Waals surface area contributed by atoms with Gasteiger partial charge in [-0.15, -0.1) is 0 Å². The Bertz CT molecular complexity index is 492. The van der Waals surface area contributed by atoms with E-state index in [1.54, 1.807) is 0 Å². The van der Waals surface area contributed by atoms with E-state index in [-0.39, 0.29) is 18.6 Å². The molecular weight excluding hydrogens is 318 g/mol. The van der Waals surface area contributed by atoms with E-state index in [9.17, 15) is 4.79 Å². The summed E-state index contributed by atoms with van der Waals surface area (Å²) in [4.78, 5) is 14.3. The topological polar surface area (TPSA) is 76.8 Å². The highest BCUT2D eigenvalue weighted by Crippen LogP contribution is 2.23. The first kappa shape index (κ1) is 18.2. The Kier molecular flexibility index (Phi) is 7.26. The molecule has 1 aromatic rings. The minimum absolute atomic E-state index is 0.0647.